The Morgan fingerprint density at radius 3 is 2.88 bits per heavy atom. The molecule has 1 aromatic rings. The summed E-state index contributed by atoms with van der Waals surface area (Å²) in [6.07, 6.45) is 1.45. The summed E-state index contributed by atoms with van der Waals surface area (Å²) in [6.45, 7) is 1.76. The average molecular weight is 235 g/mol. The van der Waals surface area contributed by atoms with Crippen molar-refractivity contribution in [3.8, 4) is 0 Å². The SMILES string of the molecule is CNC(=O)CCCN(C)Cc1cccc(N)c1. The van der Waals surface area contributed by atoms with Crippen molar-refractivity contribution in [2.75, 3.05) is 26.4 Å². The smallest absolute Gasteiger partial charge is 0.219 e. The Morgan fingerprint density at radius 1 is 1.47 bits per heavy atom. The summed E-state index contributed by atoms with van der Waals surface area (Å²) in [5, 5.41) is 2.62. The van der Waals surface area contributed by atoms with Gasteiger partial charge >= 0.3 is 0 Å². The van der Waals surface area contributed by atoms with Crippen LogP contribution < -0.4 is 11.1 Å². The molecule has 0 fully saturated rings. The van der Waals surface area contributed by atoms with Gasteiger partial charge in [-0.15, -0.1) is 0 Å². The van der Waals surface area contributed by atoms with Crippen molar-refractivity contribution in [1.82, 2.24) is 10.2 Å². The maximum Gasteiger partial charge on any atom is 0.219 e. The van der Waals surface area contributed by atoms with Crippen molar-refractivity contribution in [3.05, 3.63) is 29.8 Å². The van der Waals surface area contributed by atoms with E-state index in [9.17, 15) is 4.79 Å². The van der Waals surface area contributed by atoms with Crippen molar-refractivity contribution < 1.29 is 4.79 Å². The number of amides is 1. The molecule has 0 saturated heterocycles. The fourth-order valence-corrected chi connectivity index (χ4v) is 1.72. The molecule has 1 amide bonds. The lowest BCUT2D eigenvalue weighted by Gasteiger charge is -2.16. The highest BCUT2D eigenvalue weighted by Crippen LogP contribution is 2.09. The number of hydrogen-bond donors (Lipinski definition) is 2. The van der Waals surface area contributed by atoms with Gasteiger partial charge in [-0.2, -0.15) is 0 Å². The first-order valence-electron chi connectivity index (χ1n) is 5.85. The highest BCUT2D eigenvalue weighted by atomic mass is 16.1. The van der Waals surface area contributed by atoms with Crippen molar-refractivity contribution in [1.29, 1.82) is 0 Å². The molecule has 0 unspecified atom stereocenters. The molecule has 17 heavy (non-hydrogen) atoms. The van der Waals surface area contributed by atoms with Gasteiger partial charge in [0.15, 0.2) is 0 Å². The molecule has 0 saturated carbocycles. The van der Waals surface area contributed by atoms with Gasteiger partial charge < -0.3 is 16.0 Å². The summed E-state index contributed by atoms with van der Waals surface area (Å²) in [5.74, 6) is 0.0994. The molecular weight excluding hydrogens is 214 g/mol. The Hall–Kier alpha value is -1.55. The number of rotatable bonds is 6. The second kappa shape index (κ2) is 6.91. The first-order valence-corrected chi connectivity index (χ1v) is 5.85. The lowest BCUT2D eigenvalue weighted by atomic mass is 10.2. The fraction of sp³-hybridized carbons (Fsp3) is 0.462. The van der Waals surface area contributed by atoms with Crippen LogP contribution in [0.5, 0.6) is 0 Å². The normalized spacial score (nSPS) is 10.5. The van der Waals surface area contributed by atoms with E-state index in [1.807, 2.05) is 25.2 Å². The molecule has 0 spiro atoms. The molecule has 0 heterocycles. The Morgan fingerprint density at radius 2 is 2.24 bits per heavy atom. The number of hydrogen-bond acceptors (Lipinski definition) is 3. The van der Waals surface area contributed by atoms with Crippen LogP contribution in [0.3, 0.4) is 0 Å². The van der Waals surface area contributed by atoms with Crippen LogP contribution in [-0.4, -0.2) is 31.4 Å². The number of nitrogens with zero attached hydrogens (tertiary/aromatic N) is 1. The van der Waals surface area contributed by atoms with Crippen LogP contribution in [0.1, 0.15) is 18.4 Å². The van der Waals surface area contributed by atoms with Gasteiger partial charge in [-0.05, 0) is 37.7 Å². The number of carbonyl (C=O) groups excluding carboxylic acids is 1. The minimum atomic E-state index is 0.0994. The Labute approximate surface area is 103 Å². The number of benzene rings is 1. The molecule has 4 nitrogen and oxygen atoms in total. The van der Waals surface area contributed by atoms with Crippen LogP contribution in [0.25, 0.3) is 0 Å². The summed E-state index contributed by atoms with van der Waals surface area (Å²) in [7, 11) is 3.71. The molecule has 1 rings (SSSR count). The van der Waals surface area contributed by atoms with Crippen LogP contribution in [0, 0.1) is 0 Å². The number of nitrogen functional groups attached to an aromatic ring is 1. The summed E-state index contributed by atoms with van der Waals surface area (Å²) in [5.41, 5.74) is 7.71. The van der Waals surface area contributed by atoms with Crippen LogP contribution in [-0.2, 0) is 11.3 Å². The average Bonchev–Trinajstić information content (AvgIpc) is 2.28. The minimum absolute atomic E-state index is 0.0994. The van der Waals surface area contributed by atoms with E-state index < -0.39 is 0 Å². The van der Waals surface area contributed by atoms with Gasteiger partial charge in [0.1, 0.15) is 0 Å². The molecule has 0 aliphatic heterocycles. The molecule has 1 aromatic carbocycles. The van der Waals surface area contributed by atoms with E-state index in [-0.39, 0.29) is 5.91 Å². The molecule has 0 aliphatic carbocycles. The summed E-state index contributed by atoms with van der Waals surface area (Å²) in [4.78, 5) is 13.2. The highest BCUT2D eigenvalue weighted by molar-refractivity contribution is 5.75. The predicted molar refractivity (Wildman–Crippen MR) is 70.5 cm³/mol. The number of carbonyl (C=O) groups is 1. The molecule has 4 heteroatoms. The molecule has 3 N–H and O–H groups in total. The van der Waals surface area contributed by atoms with Crippen molar-refractivity contribution in [2.45, 2.75) is 19.4 Å². The second-order valence-electron chi connectivity index (χ2n) is 4.26. The van der Waals surface area contributed by atoms with Crippen molar-refractivity contribution in [3.63, 3.8) is 0 Å². The topological polar surface area (TPSA) is 58.4 Å². The largest absolute Gasteiger partial charge is 0.399 e. The molecular formula is C13H21N3O. The first kappa shape index (κ1) is 13.5. The lowest BCUT2D eigenvalue weighted by Crippen LogP contribution is -2.22. The quantitative estimate of drug-likeness (QED) is 0.729. The van der Waals surface area contributed by atoms with Crippen molar-refractivity contribution >= 4 is 11.6 Å². The maximum atomic E-state index is 11.1. The molecule has 0 atom stereocenters. The zero-order valence-corrected chi connectivity index (χ0v) is 10.6. The zero-order valence-electron chi connectivity index (χ0n) is 10.6. The number of nitrogens with one attached hydrogen (secondary N) is 1. The third-order valence-electron chi connectivity index (χ3n) is 2.63. The highest BCUT2D eigenvalue weighted by Gasteiger charge is 2.02. The van der Waals surface area contributed by atoms with E-state index in [1.165, 1.54) is 5.56 Å². The zero-order chi connectivity index (χ0) is 12.7. The van der Waals surface area contributed by atoms with E-state index in [4.69, 9.17) is 5.73 Å². The van der Waals surface area contributed by atoms with Gasteiger partial charge in [0.25, 0.3) is 0 Å². The first-order chi connectivity index (χ1) is 8.11. The van der Waals surface area contributed by atoms with Gasteiger partial charge in [0.2, 0.25) is 5.91 Å². The standard InChI is InChI=1S/C13H21N3O/c1-15-13(17)7-4-8-16(2)10-11-5-3-6-12(14)9-11/h3,5-6,9H,4,7-8,10,14H2,1-2H3,(H,15,17). The Balaban J connectivity index is 2.29. The van der Waals surface area contributed by atoms with Gasteiger partial charge in [0.05, 0.1) is 0 Å². The van der Waals surface area contributed by atoms with E-state index in [2.05, 4.69) is 16.3 Å². The van der Waals surface area contributed by atoms with E-state index in [1.54, 1.807) is 7.05 Å². The third kappa shape index (κ3) is 5.36. The van der Waals surface area contributed by atoms with E-state index >= 15 is 0 Å². The van der Waals surface area contributed by atoms with Crippen molar-refractivity contribution in [2.24, 2.45) is 0 Å². The Bertz CT molecular complexity index is 365. The maximum absolute atomic E-state index is 11.1. The minimum Gasteiger partial charge on any atom is -0.399 e. The van der Waals surface area contributed by atoms with Gasteiger partial charge in [0, 0.05) is 25.7 Å². The van der Waals surface area contributed by atoms with Gasteiger partial charge in [-0.3, -0.25) is 4.79 Å². The fourth-order valence-electron chi connectivity index (χ4n) is 1.72. The van der Waals surface area contributed by atoms with Gasteiger partial charge in [-0.25, -0.2) is 0 Å². The summed E-state index contributed by atoms with van der Waals surface area (Å²) < 4.78 is 0. The monoisotopic (exact) mass is 235 g/mol. The molecule has 0 aromatic heterocycles. The number of nitrogens with two attached hydrogens (primary N) is 1. The van der Waals surface area contributed by atoms with E-state index in [0.717, 1.165) is 25.2 Å². The molecule has 94 valence electrons. The van der Waals surface area contributed by atoms with Crippen LogP contribution in [0.2, 0.25) is 0 Å². The molecule has 0 bridgehead atoms. The van der Waals surface area contributed by atoms with Crippen LogP contribution in [0.4, 0.5) is 5.69 Å². The van der Waals surface area contributed by atoms with Crippen LogP contribution in [0.15, 0.2) is 24.3 Å². The lowest BCUT2D eigenvalue weighted by molar-refractivity contribution is -0.120. The second-order valence-corrected chi connectivity index (χ2v) is 4.26. The third-order valence-corrected chi connectivity index (χ3v) is 2.63. The summed E-state index contributed by atoms with van der Waals surface area (Å²) in [6, 6.07) is 7.89. The predicted octanol–water partition coefficient (Wildman–Crippen LogP) is 1.23. The van der Waals surface area contributed by atoms with Gasteiger partial charge in [-0.1, -0.05) is 12.1 Å². The Kier molecular flexibility index (Phi) is 5.49. The summed E-state index contributed by atoms with van der Waals surface area (Å²) >= 11 is 0. The number of anilines is 1. The van der Waals surface area contributed by atoms with Crippen LogP contribution >= 0.6 is 0 Å². The molecule has 0 aliphatic rings. The van der Waals surface area contributed by atoms with E-state index in [0.29, 0.717) is 6.42 Å². The molecule has 0 radical (unpaired) electrons.